The number of ether oxygens (including phenoxy) is 1. The molecule has 3 aromatic rings. The molecule has 0 heterocycles. The van der Waals surface area contributed by atoms with Crippen molar-refractivity contribution < 1.29 is 19.4 Å². The smallest absolute Gasteiger partial charge is 0.310 e. The lowest BCUT2D eigenvalue weighted by Crippen LogP contribution is -2.12. The molecule has 0 aliphatic heterocycles. The lowest BCUT2D eigenvalue weighted by Gasteiger charge is -2.11. The Morgan fingerprint density at radius 3 is 2.04 bits per heavy atom. The molecule has 1 unspecified atom stereocenters. The summed E-state index contributed by atoms with van der Waals surface area (Å²) >= 11 is 0. The maximum Gasteiger partial charge on any atom is 0.310 e. The molecular formula is C24H22O4. The number of rotatable bonds is 8. The van der Waals surface area contributed by atoms with Crippen LogP contribution in [0.4, 0.5) is 0 Å². The molecule has 0 saturated heterocycles. The predicted octanol–water partition coefficient (Wildman–Crippen LogP) is 5.19. The highest BCUT2D eigenvalue weighted by atomic mass is 16.5. The van der Waals surface area contributed by atoms with Crippen LogP contribution in [0.25, 0.3) is 11.1 Å². The average molecular weight is 374 g/mol. The van der Waals surface area contributed by atoms with E-state index in [0.717, 1.165) is 16.7 Å². The van der Waals surface area contributed by atoms with Crippen LogP contribution >= 0.6 is 0 Å². The third-order valence-electron chi connectivity index (χ3n) is 4.67. The van der Waals surface area contributed by atoms with Crippen LogP contribution in [0.15, 0.2) is 78.9 Å². The van der Waals surface area contributed by atoms with Gasteiger partial charge in [-0.1, -0.05) is 73.7 Å². The third-order valence-corrected chi connectivity index (χ3v) is 4.67. The Kier molecular flexibility index (Phi) is 6.22. The van der Waals surface area contributed by atoms with Gasteiger partial charge in [-0.2, -0.15) is 0 Å². The van der Waals surface area contributed by atoms with Crippen molar-refractivity contribution in [1.29, 1.82) is 0 Å². The highest BCUT2D eigenvalue weighted by molar-refractivity contribution is 5.97. The minimum Gasteiger partial charge on any atom is -0.485 e. The predicted molar refractivity (Wildman–Crippen MR) is 109 cm³/mol. The first kappa shape index (κ1) is 19.4. The number of hydrogen-bond acceptors (Lipinski definition) is 3. The second-order valence-electron chi connectivity index (χ2n) is 6.52. The van der Waals surface area contributed by atoms with E-state index in [1.807, 2.05) is 49.4 Å². The number of Topliss-reactive ketones (excluding diaryl/α,β-unsaturated/α-hetero) is 1. The van der Waals surface area contributed by atoms with E-state index in [0.29, 0.717) is 17.7 Å². The van der Waals surface area contributed by atoms with Crippen LogP contribution in [0, 0.1) is 0 Å². The van der Waals surface area contributed by atoms with Crippen molar-refractivity contribution in [1.82, 2.24) is 0 Å². The van der Waals surface area contributed by atoms with Crippen molar-refractivity contribution in [2.45, 2.75) is 19.3 Å². The van der Waals surface area contributed by atoms with Gasteiger partial charge in [0.05, 0.1) is 5.92 Å². The van der Waals surface area contributed by atoms with Gasteiger partial charge in [0.1, 0.15) is 5.75 Å². The van der Waals surface area contributed by atoms with E-state index < -0.39 is 11.9 Å². The Morgan fingerprint density at radius 1 is 0.857 bits per heavy atom. The van der Waals surface area contributed by atoms with Crippen LogP contribution in [0.1, 0.15) is 35.2 Å². The Labute approximate surface area is 164 Å². The molecule has 0 amide bonds. The van der Waals surface area contributed by atoms with Crippen LogP contribution in [-0.2, 0) is 4.79 Å². The molecule has 0 saturated carbocycles. The summed E-state index contributed by atoms with van der Waals surface area (Å²) in [7, 11) is 0. The summed E-state index contributed by atoms with van der Waals surface area (Å²) in [6, 6.07) is 24.3. The molecule has 28 heavy (non-hydrogen) atoms. The number of carbonyl (C=O) groups is 2. The summed E-state index contributed by atoms with van der Waals surface area (Å²) in [4.78, 5) is 23.6. The van der Waals surface area contributed by atoms with E-state index in [1.165, 1.54) is 0 Å². The van der Waals surface area contributed by atoms with E-state index in [-0.39, 0.29) is 12.4 Å². The molecule has 0 spiro atoms. The third kappa shape index (κ3) is 4.65. The highest BCUT2D eigenvalue weighted by Gasteiger charge is 2.17. The van der Waals surface area contributed by atoms with Crippen molar-refractivity contribution in [2.24, 2.45) is 0 Å². The van der Waals surface area contributed by atoms with Gasteiger partial charge in [0, 0.05) is 5.56 Å². The molecule has 0 aliphatic rings. The van der Waals surface area contributed by atoms with E-state index in [4.69, 9.17) is 4.74 Å². The number of carboxylic acids is 1. The monoisotopic (exact) mass is 374 g/mol. The molecule has 1 N–H and O–H groups in total. The second-order valence-corrected chi connectivity index (χ2v) is 6.52. The molecule has 4 nitrogen and oxygen atoms in total. The van der Waals surface area contributed by atoms with E-state index in [9.17, 15) is 14.7 Å². The van der Waals surface area contributed by atoms with Gasteiger partial charge in [0.2, 0.25) is 0 Å². The lowest BCUT2D eigenvalue weighted by molar-refractivity contribution is -0.138. The number of hydrogen-bond donors (Lipinski definition) is 1. The molecule has 3 rings (SSSR count). The Morgan fingerprint density at radius 2 is 1.46 bits per heavy atom. The summed E-state index contributed by atoms with van der Waals surface area (Å²) < 4.78 is 5.57. The molecular weight excluding hydrogens is 352 g/mol. The summed E-state index contributed by atoms with van der Waals surface area (Å²) in [6.07, 6.45) is 0.521. The molecule has 0 aromatic heterocycles. The zero-order chi connectivity index (χ0) is 19.9. The summed E-state index contributed by atoms with van der Waals surface area (Å²) in [6.45, 7) is 1.77. The zero-order valence-corrected chi connectivity index (χ0v) is 15.7. The quantitative estimate of drug-likeness (QED) is 0.551. The summed E-state index contributed by atoms with van der Waals surface area (Å²) in [5.41, 5.74) is 3.47. The van der Waals surface area contributed by atoms with Gasteiger partial charge >= 0.3 is 5.97 Å². The molecule has 0 fully saturated rings. The van der Waals surface area contributed by atoms with Crippen molar-refractivity contribution in [3.63, 3.8) is 0 Å². The van der Waals surface area contributed by atoms with Crippen LogP contribution in [0.3, 0.4) is 0 Å². The minimum absolute atomic E-state index is 0.0693. The van der Waals surface area contributed by atoms with Gasteiger partial charge in [-0.25, -0.2) is 0 Å². The van der Waals surface area contributed by atoms with Crippen LogP contribution < -0.4 is 4.74 Å². The van der Waals surface area contributed by atoms with E-state index in [2.05, 4.69) is 0 Å². The first-order valence-electron chi connectivity index (χ1n) is 9.22. The van der Waals surface area contributed by atoms with Crippen molar-refractivity contribution in [2.75, 3.05) is 6.61 Å². The maximum atomic E-state index is 12.4. The Balaban J connectivity index is 1.60. The number of carbonyl (C=O) groups excluding carboxylic acids is 1. The number of ketones is 1. The Bertz CT molecular complexity index is 929. The zero-order valence-electron chi connectivity index (χ0n) is 15.7. The average Bonchev–Trinajstić information content (AvgIpc) is 2.74. The fourth-order valence-electron chi connectivity index (χ4n) is 3.06. The van der Waals surface area contributed by atoms with Gasteiger partial charge < -0.3 is 9.84 Å². The van der Waals surface area contributed by atoms with Crippen LogP contribution in [0.2, 0.25) is 0 Å². The minimum atomic E-state index is -0.842. The molecule has 142 valence electrons. The SMILES string of the molecule is CCC(C(=O)O)c1ccc(OCC(=O)c2ccc(-c3ccccc3)cc2)cc1. The largest absolute Gasteiger partial charge is 0.485 e. The van der Waals surface area contributed by atoms with E-state index >= 15 is 0 Å². The molecule has 4 heteroatoms. The highest BCUT2D eigenvalue weighted by Crippen LogP contribution is 2.23. The number of carboxylic acid groups (broad SMARTS) is 1. The normalized spacial score (nSPS) is 11.6. The van der Waals surface area contributed by atoms with Gasteiger partial charge in [-0.15, -0.1) is 0 Å². The Hall–Kier alpha value is -3.40. The molecule has 1 atom stereocenters. The maximum absolute atomic E-state index is 12.4. The van der Waals surface area contributed by atoms with Gasteiger partial charge in [0.15, 0.2) is 12.4 Å². The van der Waals surface area contributed by atoms with Gasteiger partial charge in [-0.05, 0) is 35.2 Å². The molecule has 0 radical (unpaired) electrons. The number of benzene rings is 3. The first-order chi connectivity index (χ1) is 13.6. The molecule has 0 bridgehead atoms. The fourth-order valence-corrected chi connectivity index (χ4v) is 3.06. The lowest BCUT2D eigenvalue weighted by atomic mass is 9.97. The topological polar surface area (TPSA) is 63.6 Å². The van der Waals surface area contributed by atoms with Crippen molar-refractivity contribution >= 4 is 11.8 Å². The molecule has 3 aromatic carbocycles. The summed E-state index contributed by atoms with van der Waals surface area (Å²) in [5.74, 6) is -0.942. The van der Waals surface area contributed by atoms with E-state index in [1.54, 1.807) is 36.4 Å². The second kappa shape index (κ2) is 9.00. The number of aliphatic carboxylic acids is 1. The van der Waals surface area contributed by atoms with Crippen molar-refractivity contribution in [3.8, 4) is 16.9 Å². The van der Waals surface area contributed by atoms with Gasteiger partial charge in [-0.3, -0.25) is 9.59 Å². The van der Waals surface area contributed by atoms with Gasteiger partial charge in [0.25, 0.3) is 0 Å². The molecule has 0 aliphatic carbocycles. The van der Waals surface area contributed by atoms with Crippen molar-refractivity contribution in [3.05, 3.63) is 90.0 Å². The standard InChI is InChI=1S/C24H22O4/c1-2-22(24(26)27)19-12-14-21(15-13-19)28-16-23(25)20-10-8-18(9-11-20)17-6-4-3-5-7-17/h3-15,22H,2,16H2,1H3,(H,26,27). The summed E-state index contributed by atoms with van der Waals surface area (Å²) in [5, 5.41) is 9.21. The first-order valence-corrected chi connectivity index (χ1v) is 9.22. The fraction of sp³-hybridized carbons (Fsp3) is 0.167. The van der Waals surface area contributed by atoms with Crippen LogP contribution in [-0.4, -0.2) is 23.5 Å². The van der Waals surface area contributed by atoms with Crippen LogP contribution in [0.5, 0.6) is 5.75 Å².